The van der Waals surface area contributed by atoms with Crippen LogP contribution in [0, 0.1) is 0 Å². The zero-order chi connectivity index (χ0) is 13.8. The first-order chi connectivity index (χ1) is 9.08. The van der Waals surface area contributed by atoms with E-state index in [2.05, 4.69) is 15.0 Å². The number of aliphatic hydroxyl groups is 2. The fourth-order valence-corrected chi connectivity index (χ4v) is 2.31. The number of H-pyrrole nitrogens is 1. The molecule has 7 heteroatoms. The molecule has 0 aliphatic rings. The van der Waals surface area contributed by atoms with Gasteiger partial charge in [-0.05, 0) is 12.5 Å². The van der Waals surface area contributed by atoms with Crippen molar-refractivity contribution in [3.63, 3.8) is 0 Å². The van der Waals surface area contributed by atoms with Crippen LogP contribution in [-0.4, -0.2) is 42.1 Å². The Bertz CT molecular complexity index is 572. The van der Waals surface area contributed by atoms with Gasteiger partial charge >= 0.3 is 0 Å². The highest BCUT2D eigenvalue weighted by Gasteiger charge is 2.20. The van der Waals surface area contributed by atoms with Crippen molar-refractivity contribution in [2.45, 2.75) is 25.6 Å². The number of aliphatic hydroxyl groups excluding tert-OH is 2. The van der Waals surface area contributed by atoms with E-state index in [0.29, 0.717) is 29.0 Å². The van der Waals surface area contributed by atoms with Gasteiger partial charge in [0.15, 0.2) is 10.8 Å². The molecular formula is C12H15N3O3S. The van der Waals surface area contributed by atoms with Crippen molar-refractivity contribution in [1.29, 1.82) is 0 Å². The summed E-state index contributed by atoms with van der Waals surface area (Å²) in [5, 5.41) is 19.8. The number of nitrogens with one attached hydrogen (secondary N) is 1. The van der Waals surface area contributed by atoms with Crippen molar-refractivity contribution in [3.8, 4) is 0 Å². The van der Waals surface area contributed by atoms with Crippen molar-refractivity contribution >= 4 is 28.0 Å². The summed E-state index contributed by atoms with van der Waals surface area (Å²) in [6, 6.07) is 1.75. The molecule has 2 heterocycles. The molecule has 2 rings (SSSR count). The SMILES string of the molecule is CC(=O)SCCC(O)C(O)c1cnc2[nH]ccc2n1. The summed E-state index contributed by atoms with van der Waals surface area (Å²) >= 11 is 1.13. The standard InChI is InChI=1S/C12H15N3O3S/c1-7(16)19-5-3-10(17)11(18)9-6-14-12-8(15-9)2-4-13-12/h2,4,6,10-11,17-18H,3,5H2,1H3,(H,13,14). The molecule has 2 aromatic heterocycles. The van der Waals surface area contributed by atoms with Crippen molar-refractivity contribution in [2.24, 2.45) is 0 Å². The average Bonchev–Trinajstić information content (AvgIpc) is 2.84. The Morgan fingerprint density at radius 1 is 1.53 bits per heavy atom. The first-order valence-electron chi connectivity index (χ1n) is 5.87. The Hall–Kier alpha value is -1.44. The maximum Gasteiger partial charge on any atom is 0.185 e. The van der Waals surface area contributed by atoms with E-state index >= 15 is 0 Å². The minimum Gasteiger partial charge on any atom is -0.390 e. The van der Waals surface area contributed by atoms with Crippen LogP contribution in [0.2, 0.25) is 0 Å². The lowest BCUT2D eigenvalue weighted by Crippen LogP contribution is -2.20. The van der Waals surface area contributed by atoms with Crippen LogP contribution >= 0.6 is 11.8 Å². The number of carbonyl (C=O) groups is 1. The van der Waals surface area contributed by atoms with Gasteiger partial charge in [-0.2, -0.15) is 0 Å². The molecule has 6 nitrogen and oxygen atoms in total. The molecule has 2 aromatic rings. The fourth-order valence-electron chi connectivity index (χ4n) is 1.67. The summed E-state index contributed by atoms with van der Waals surface area (Å²) in [7, 11) is 0. The van der Waals surface area contributed by atoms with E-state index in [9.17, 15) is 15.0 Å². The third kappa shape index (κ3) is 3.52. The van der Waals surface area contributed by atoms with Gasteiger partial charge in [-0.3, -0.25) is 4.79 Å². The molecule has 0 radical (unpaired) electrons. The number of aromatic amines is 1. The van der Waals surface area contributed by atoms with Crippen LogP contribution in [0.3, 0.4) is 0 Å². The molecule has 0 spiro atoms. The minimum absolute atomic E-state index is 0.00442. The number of aromatic nitrogens is 3. The Kier molecular flexibility index (Phi) is 4.52. The molecule has 0 saturated carbocycles. The topological polar surface area (TPSA) is 99.1 Å². The Labute approximate surface area is 114 Å². The number of hydrogen-bond acceptors (Lipinski definition) is 6. The Morgan fingerprint density at radius 2 is 2.32 bits per heavy atom. The lowest BCUT2D eigenvalue weighted by atomic mass is 10.1. The molecule has 0 saturated heterocycles. The highest BCUT2D eigenvalue weighted by Crippen LogP contribution is 2.20. The number of nitrogens with zero attached hydrogens (tertiary/aromatic N) is 2. The predicted molar refractivity (Wildman–Crippen MR) is 72.6 cm³/mol. The van der Waals surface area contributed by atoms with E-state index in [-0.39, 0.29) is 5.12 Å². The second kappa shape index (κ2) is 6.14. The number of hydrogen-bond donors (Lipinski definition) is 3. The summed E-state index contributed by atoms with van der Waals surface area (Å²) in [6.45, 7) is 1.47. The highest BCUT2D eigenvalue weighted by atomic mass is 32.2. The summed E-state index contributed by atoms with van der Waals surface area (Å²) in [4.78, 5) is 22.0. The third-order valence-electron chi connectivity index (χ3n) is 2.67. The number of thioether (sulfide) groups is 1. The van der Waals surface area contributed by atoms with E-state index in [1.807, 2.05) is 0 Å². The van der Waals surface area contributed by atoms with Crippen LogP contribution in [0.15, 0.2) is 18.5 Å². The lowest BCUT2D eigenvalue weighted by molar-refractivity contribution is -0.109. The second-order valence-electron chi connectivity index (χ2n) is 4.15. The molecule has 2 unspecified atom stereocenters. The second-order valence-corrected chi connectivity index (χ2v) is 5.42. The molecular weight excluding hydrogens is 266 g/mol. The molecule has 0 fully saturated rings. The zero-order valence-electron chi connectivity index (χ0n) is 10.4. The van der Waals surface area contributed by atoms with Gasteiger partial charge < -0.3 is 15.2 Å². The van der Waals surface area contributed by atoms with Crippen molar-refractivity contribution < 1.29 is 15.0 Å². The lowest BCUT2D eigenvalue weighted by Gasteiger charge is -2.16. The van der Waals surface area contributed by atoms with Crippen LogP contribution in [-0.2, 0) is 4.79 Å². The molecule has 19 heavy (non-hydrogen) atoms. The molecule has 102 valence electrons. The van der Waals surface area contributed by atoms with Crippen LogP contribution in [0.5, 0.6) is 0 Å². The van der Waals surface area contributed by atoms with Gasteiger partial charge in [0.25, 0.3) is 0 Å². The predicted octanol–water partition coefficient (Wildman–Crippen LogP) is 1.02. The van der Waals surface area contributed by atoms with Gasteiger partial charge in [0.1, 0.15) is 11.6 Å². The molecule has 3 N–H and O–H groups in total. The quantitative estimate of drug-likeness (QED) is 0.757. The molecule has 0 amide bonds. The number of carbonyl (C=O) groups excluding carboxylic acids is 1. The molecule has 2 atom stereocenters. The summed E-state index contributed by atoms with van der Waals surface area (Å²) in [5.41, 5.74) is 1.60. The highest BCUT2D eigenvalue weighted by molar-refractivity contribution is 8.13. The van der Waals surface area contributed by atoms with E-state index in [1.54, 1.807) is 12.3 Å². The number of fused-ring (bicyclic) bond motifs is 1. The smallest absolute Gasteiger partial charge is 0.185 e. The van der Waals surface area contributed by atoms with Gasteiger partial charge in [-0.1, -0.05) is 11.8 Å². The van der Waals surface area contributed by atoms with Crippen LogP contribution in [0.1, 0.15) is 25.1 Å². The normalized spacial score (nSPS) is 14.5. The first-order valence-corrected chi connectivity index (χ1v) is 6.86. The van der Waals surface area contributed by atoms with Gasteiger partial charge in [-0.25, -0.2) is 9.97 Å². The van der Waals surface area contributed by atoms with Crippen LogP contribution in [0.25, 0.3) is 11.2 Å². The van der Waals surface area contributed by atoms with E-state index in [1.165, 1.54) is 13.1 Å². The third-order valence-corrected chi connectivity index (χ3v) is 3.51. The first kappa shape index (κ1) is 14.0. The Morgan fingerprint density at radius 3 is 3.05 bits per heavy atom. The van der Waals surface area contributed by atoms with Gasteiger partial charge in [-0.15, -0.1) is 0 Å². The summed E-state index contributed by atoms with van der Waals surface area (Å²) in [6.07, 6.45) is 1.40. The largest absolute Gasteiger partial charge is 0.390 e. The average molecular weight is 281 g/mol. The molecule has 0 aliphatic carbocycles. The zero-order valence-corrected chi connectivity index (χ0v) is 11.2. The molecule has 0 aromatic carbocycles. The maximum absolute atomic E-state index is 10.8. The van der Waals surface area contributed by atoms with Gasteiger partial charge in [0.05, 0.1) is 18.0 Å². The van der Waals surface area contributed by atoms with Crippen molar-refractivity contribution in [2.75, 3.05) is 5.75 Å². The maximum atomic E-state index is 10.8. The van der Waals surface area contributed by atoms with E-state index in [4.69, 9.17) is 0 Å². The van der Waals surface area contributed by atoms with Crippen LogP contribution < -0.4 is 0 Å². The number of rotatable bonds is 5. The molecule has 0 bridgehead atoms. The summed E-state index contributed by atoms with van der Waals surface area (Å²) in [5.74, 6) is 0.466. The minimum atomic E-state index is -1.10. The fraction of sp³-hybridized carbons (Fsp3) is 0.417. The van der Waals surface area contributed by atoms with E-state index < -0.39 is 12.2 Å². The summed E-state index contributed by atoms with van der Waals surface area (Å²) < 4.78 is 0. The van der Waals surface area contributed by atoms with Crippen molar-refractivity contribution in [3.05, 3.63) is 24.2 Å². The Balaban J connectivity index is 2.01. The van der Waals surface area contributed by atoms with E-state index in [0.717, 1.165) is 11.8 Å². The van der Waals surface area contributed by atoms with Crippen LogP contribution in [0.4, 0.5) is 0 Å². The molecule has 0 aliphatic heterocycles. The van der Waals surface area contributed by atoms with Gasteiger partial charge in [0.2, 0.25) is 0 Å². The van der Waals surface area contributed by atoms with Crippen molar-refractivity contribution in [1.82, 2.24) is 15.0 Å². The van der Waals surface area contributed by atoms with Gasteiger partial charge in [0, 0.05) is 18.9 Å². The monoisotopic (exact) mass is 281 g/mol.